The smallest absolute Gasteiger partial charge is 0.0952 e. The first-order valence-corrected chi connectivity index (χ1v) is 8.09. The molecule has 1 heterocycles. The third-order valence-electron chi connectivity index (χ3n) is 3.37. The zero-order valence-corrected chi connectivity index (χ0v) is 12.1. The van der Waals surface area contributed by atoms with E-state index in [9.17, 15) is 0 Å². The molecule has 2 rings (SSSR count). The van der Waals surface area contributed by atoms with Gasteiger partial charge in [-0.2, -0.15) is 11.8 Å². The minimum absolute atomic E-state index is 0.233. The van der Waals surface area contributed by atoms with Crippen LogP contribution in [-0.4, -0.2) is 31.7 Å². The molecule has 3 heteroatoms. The Morgan fingerprint density at radius 2 is 2.28 bits per heavy atom. The molecule has 2 unspecified atom stereocenters. The quantitative estimate of drug-likeness (QED) is 0.854. The fourth-order valence-electron chi connectivity index (χ4n) is 2.45. The third kappa shape index (κ3) is 3.74. The second-order valence-corrected chi connectivity index (χ2v) is 5.94. The van der Waals surface area contributed by atoms with Gasteiger partial charge in [-0.1, -0.05) is 31.2 Å². The fourth-order valence-corrected chi connectivity index (χ4v) is 3.14. The Kier molecular flexibility index (Phi) is 5.54. The summed E-state index contributed by atoms with van der Waals surface area (Å²) in [5.41, 5.74) is 2.82. The topological polar surface area (TPSA) is 21.3 Å². The summed E-state index contributed by atoms with van der Waals surface area (Å²) >= 11 is 1.91. The molecule has 0 radical (unpaired) electrons. The molecule has 18 heavy (non-hydrogen) atoms. The summed E-state index contributed by atoms with van der Waals surface area (Å²) in [4.78, 5) is 0. The first-order valence-electron chi connectivity index (χ1n) is 6.70. The number of thioether (sulfide) groups is 1. The van der Waals surface area contributed by atoms with Crippen molar-refractivity contribution in [2.24, 2.45) is 5.92 Å². The number of ether oxygens (including phenoxy) is 1. The number of hydrogen-bond donors (Lipinski definition) is 1. The molecular weight excluding hydrogens is 242 g/mol. The van der Waals surface area contributed by atoms with Gasteiger partial charge in [-0.05, 0) is 42.0 Å². The monoisotopic (exact) mass is 265 g/mol. The van der Waals surface area contributed by atoms with Crippen molar-refractivity contribution in [2.75, 3.05) is 31.7 Å². The van der Waals surface area contributed by atoms with Gasteiger partial charge in [-0.3, -0.25) is 0 Å². The van der Waals surface area contributed by atoms with Crippen LogP contribution in [-0.2, 0) is 11.2 Å². The number of nitrogens with one attached hydrogen (secondary N) is 1. The highest BCUT2D eigenvalue weighted by molar-refractivity contribution is 7.98. The zero-order chi connectivity index (χ0) is 12.8. The number of fused-ring (bicyclic) bond motifs is 1. The molecule has 0 amide bonds. The van der Waals surface area contributed by atoms with Crippen LogP contribution >= 0.6 is 11.8 Å². The lowest BCUT2D eigenvalue weighted by molar-refractivity contribution is 0.0422. The van der Waals surface area contributed by atoms with Crippen LogP contribution in [0.25, 0.3) is 0 Å². The van der Waals surface area contributed by atoms with Crippen LogP contribution in [0.15, 0.2) is 24.3 Å². The molecule has 1 aromatic rings. The normalized spacial score (nSPS) is 20.4. The van der Waals surface area contributed by atoms with Crippen molar-refractivity contribution in [3.63, 3.8) is 0 Å². The fraction of sp³-hybridized carbons (Fsp3) is 0.600. The van der Waals surface area contributed by atoms with E-state index in [4.69, 9.17) is 4.74 Å². The third-order valence-corrected chi connectivity index (χ3v) is 4.27. The van der Waals surface area contributed by atoms with Crippen molar-refractivity contribution >= 4 is 11.8 Å². The highest BCUT2D eigenvalue weighted by Crippen LogP contribution is 2.26. The van der Waals surface area contributed by atoms with Crippen molar-refractivity contribution in [3.8, 4) is 0 Å². The highest BCUT2D eigenvalue weighted by atomic mass is 32.2. The summed E-state index contributed by atoms with van der Waals surface area (Å²) in [6.07, 6.45) is 3.45. The average Bonchev–Trinajstić information content (AvgIpc) is 2.39. The largest absolute Gasteiger partial charge is 0.372 e. The second kappa shape index (κ2) is 7.17. The molecule has 2 atom stereocenters. The lowest BCUT2D eigenvalue weighted by Gasteiger charge is -2.26. The molecule has 0 saturated carbocycles. The molecule has 1 aliphatic rings. The Morgan fingerprint density at radius 1 is 1.44 bits per heavy atom. The van der Waals surface area contributed by atoms with Gasteiger partial charge in [0.25, 0.3) is 0 Å². The second-order valence-electron chi connectivity index (χ2n) is 5.03. The molecule has 0 spiro atoms. The average molecular weight is 265 g/mol. The molecule has 0 aromatic heterocycles. The van der Waals surface area contributed by atoms with Crippen LogP contribution < -0.4 is 5.32 Å². The van der Waals surface area contributed by atoms with E-state index in [-0.39, 0.29) is 6.10 Å². The molecule has 0 fully saturated rings. The molecule has 0 saturated heterocycles. The Morgan fingerprint density at radius 3 is 3.11 bits per heavy atom. The van der Waals surface area contributed by atoms with E-state index in [0.29, 0.717) is 0 Å². The van der Waals surface area contributed by atoms with E-state index in [1.165, 1.54) is 16.9 Å². The van der Waals surface area contributed by atoms with Crippen LogP contribution in [0.1, 0.15) is 24.2 Å². The molecular formula is C15H23NOS. The van der Waals surface area contributed by atoms with Crippen LogP contribution in [0.2, 0.25) is 0 Å². The Balaban J connectivity index is 1.84. The number of hydrogen-bond acceptors (Lipinski definition) is 3. The van der Waals surface area contributed by atoms with Crippen molar-refractivity contribution in [3.05, 3.63) is 35.4 Å². The predicted molar refractivity (Wildman–Crippen MR) is 79.3 cm³/mol. The van der Waals surface area contributed by atoms with Crippen LogP contribution in [0.3, 0.4) is 0 Å². The number of benzene rings is 1. The van der Waals surface area contributed by atoms with Gasteiger partial charge >= 0.3 is 0 Å². The first kappa shape index (κ1) is 13.9. The summed E-state index contributed by atoms with van der Waals surface area (Å²) in [6.45, 7) is 5.14. The standard InChI is InChI=1S/C15H23NOS/c1-12(11-18-2)9-16-10-15-14-6-4-3-5-13(14)7-8-17-15/h3-6,12,15-16H,7-11H2,1-2H3. The van der Waals surface area contributed by atoms with Crippen molar-refractivity contribution < 1.29 is 4.74 Å². The van der Waals surface area contributed by atoms with Crippen LogP contribution in [0.5, 0.6) is 0 Å². The molecule has 0 bridgehead atoms. The molecule has 1 aliphatic heterocycles. The van der Waals surface area contributed by atoms with E-state index in [1.807, 2.05) is 11.8 Å². The van der Waals surface area contributed by atoms with E-state index < -0.39 is 0 Å². The van der Waals surface area contributed by atoms with Gasteiger partial charge in [-0.15, -0.1) is 0 Å². The van der Waals surface area contributed by atoms with Crippen molar-refractivity contribution in [1.82, 2.24) is 5.32 Å². The van der Waals surface area contributed by atoms with Gasteiger partial charge in [0, 0.05) is 6.54 Å². The van der Waals surface area contributed by atoms with E-state index in [2.05, 4.69) is 42.8 Å². The molecule has 1 N–H and O–H groups in total. The van der Waals surface area contributed by atoms with Crippen LogP contribution in [0.4, 0.5) is 0 Å². The minimum Gasteiger partial charge on any atom is -0.372 e. The first-order chi connectivity index (χ1) is 8.81. The van der Waals surface area contributed by atoms with Gasteiger partial charge in [0.15, 0.2) is 0 Å². The van der Waals surface area contributed by atoms with Gasteiger partial charge in [-0.25, -0.2) is 0 Å². The minimum atomic E-state index is 0.233. The Hall–Kier alpha value is -0.510. The maximum atomic E-state index is 5.88. The molecule has 100 valence electrons. The van der Waals surface area contributed by atoms with E-state index in [0.717, 1.165) is 32.0 Å². The predicted octanol–water partition coefficient (Wildman–Crippen LogP) is 2.89. The van der Waals surface area contributed by atoms with Gasteiger partial charge in [0.05, 0.1) is 12.7 Å². The highest BCUT2D eigenvalue weighted by Gasteiger charge is 2.19. The lowest BCUT2D eigenvalue weighted by Crippen LogP contribution is -2.30. The number of rotatable bonds is 6. The molecule has 1 aromatic carbocycles. The van der Waals surface area contributed by atoms with Crippen molar-refractivity contribution in [1.29, 1.82) is 0 Å². The summed E-state index contributed by atoms with van der Waals surface area (Å²) in [5, 5.41) is 3.54. The van der Waals surface area contributed by atoms with E-state index >= 15 is 0 Å². The summed E-state index contributed by atoms with van der Waals surface area (Å²) in [5.74, 6) is 1.94. The molecule has 2 nitrogen and oxygen atoms in total. The summed E-state index contributed by atoms with van der Waals surface area (Å²) in [7, 11) is 0. The zero-order valence-electron chi connectivity index (χ0n) is 11.3. The van der Waals surface area contributed by atoms with Crippen molar-refractivity contribution in [2.45, 2.75) is 19.4 Å². The maximum Gasteiger partial charge on any atom is 0.0952 e. The maximum absolute atomic E-state index is 5.88. The van der Waals surface area contributed by atoms with E-state index in [1.54, 1.807) is 0 Å². The van der Waals surface area contributed by atoms with Crippen LogP contribution in [0, 0.1) is 5.92 Å². The molecule has 0 aliphatic carbocycles. The SMILES string of the molecule is CSCC(C)CNCC1OCCc2ccccc21. The van der Waals surface area contributed by atoms with Gasteiger partial charge in [0.1, 0.15) is 0 Å². The summed E-state index contributed by atoms with van der Waals surface area (Å²) < 4.78 is 5.88. The van der Waals surface area contributed by atoms with Gasteiger partial charge < -0.3 is 10.1 Å². The summed E-state index contributed by atoms with van der Waals surface area (Å²) in [6, 6.07) is 8.65. The Labute approximate surface area is 114 Å². The lowest BCUT2D eigenvalue weighted by atomic mass is 9.97. The van der Waals surface area contributed by atoms with Gasteiger partial charge in [0.2, 0.25) is 0 Å². The Bertz CT molecular complexity index is 369.